The highest BCUT2D eigenvalue weighted by Gasteiger charge is 2.10. The lowest BCUT2D eigenvalue weighted by atomic mass is 10.1. The van der Waals surface area contributed by atoms with Gasteiger partial charge in [-0.2, -0.15) is 0 Å². The van der Waals surface area contributed by atoms with Crippen molar-refractivity contribution in [1.82, 2.24) is 4.98 Å². The van der Waals surface area contributed by atoms with Crippen molar-refractivity contribution in [3.63, 3.8) is 0 Å². The summed E-state index contributed by atoms with van der Waals surface area (Å²) in [5.74, 6) is 0.167. The van der Waals surface area contributed by atoms with Gasteiger partial charge in [0.2, 0.25) is 0 Å². The van der Waals surface area contributed by atoms with Crippen molar-refractivity contribution in [2.45, 2.75) is 0 Å². The van der Waals surface area contributed by atoms with E-state index in [4.69, 9.17) is 0 Å². The quantitative estimate of drug-likeness (QED) is 0.493. The van der Waals surface area contributed by atoms with Crippen LogP contribution in [0.1, 0.15) is 0 Å². The molecule has 1 aromatic heterocycles. The molecule has 1 heterocycles. The van der Waals surface area contributed by atoms with Crippen molar-refractivity contribution in [3.8, 4) is 17.0 Å². The van der Waals surface area contributed by atoms with Gasteiger partial charge in [-0.05, 0) is 12.1 Å². The normalized spacial score (nSPS) is 9.91. The van der Waals surface area contributed by atoms with E-state index in [1.165, 1.54) is 23.5 Å². The van der Waals surface area contributed by atoms with E-state index < -0.39 is 4.92 Å². The number of hydrogen-bond acceptors (Lipinski definition) is 6. The molecule has 118 valence electrons. The lowest BCUT2D eigenvalue weighted by Gasteiger charge is -2.02. The third-order valence-electron chi connectivity index (χ3n) is 2.95. The molecule has 0 spiro atoms. The first-order valence-corrected chi connectivity index (χ1v) is 7.26. The third-order valence-corrected chi connectivity index (χ3v) is 3.71. The van der Waals surface area contributed by atoms with E-state index in [2.05, 4.69) is 10.3 Å². The molecule has 2 N–H and O–H groups in total. The zero-order chi connectivity index (χ0) is 15.5. The standard InChI is InChI=1S/C15H11N3O3S.BrH/c19-13-6-2-4-11(8-13)16-15-17-14(9-22-15)10-3-1-5-12(7-10)18(20)21;/h1-9,19H,(H,16,17);1H. The Bertz CT molecular complexity index is 838. The summed E-state index contributed by atoms with van der Waals surface area (Å²) in [4.78, 5) is 14.8. The molecule has 6 nitrogen and oxygen atoms in total. The second-order valence-corrected chi connectivity index (χ2v) is 5.38. The fourth-order valence-corrected chi connectivity index (χ4v) is 2.69. The predicted molar refractivity (Wildman–Crippen MR) is 95.9 cm³/mol. The number of non-ortho nitro benzene ring substituents is 1. The molecule has 3 rings (SSSR count). The number of aromatic hydroxyl groups is 1. The molecule has 23 heavy (non-hydrogen) atoms. The SMILES string of the molecule is Br.O=[N+]([O-])c1cccc(-c2csc(Nc3cccc(O)c3)n2)c1. The van der Waals surface area contributed by atoms with Crippen LogP contribution < -0.4 is 5.32 Å². The summed E-state index contributed by atoms with van der Waals surface area (Å²) >= 11 is 1.39. The van der Waals surface area contributed by atoms with Crippen LogP contribution in [0.5, 0.6) is 5.75 Å². The predicted octanol–water partition coefficient (Wildman–Crippen LogP) is 4.75. The van der Waals surface area contributed by atoms with Crippen LogP contribution in [0.25, 0.3) is 11.3 Å². The molecule has 0 aliphatic carbocycles. The van der Waals surface area contributed by atoms with Crippen LogP contribution in [-0.4, -0.2) is 15.0 Å². The van der Waals surface area contributed by atoms with Gasteiger partial charge in [0.25, 0.3) is 5.69 Å². The average molecular weight is 394 g/mol. The van der Waals surface area contributed by atoms with Crippen molar-refractivity contribution in [2.75, 3.05) is 5.32 Å². The zero-order valence-corrected chi connectivity index (χ0v) is 14.2. The van der Waals surface area contributed by atoms with Crippen LogP contribution in [0.15, 0.2) is 53.9 Å². The van der Waals surface area contributed by atoms with E-state index in [0.717, 1.165) is 5.69 Å². The van der Waals surface area contributed by atoms with Crippen LogP contribution in [0.4, 0.5) is 16.5 Å². The monoisotopic (exact) mass is 393 g/mol. The molecule has 8 heteroatoms. The number of nitro benzene ring substituents is 1. The maximum Gasteiger partial charge on any atom is 0.270 e. The Balaban J connectivity index is 0.00000192. The van der Waals surface area contributed by atoms with Gasteiger partial charge in [0.15, 0.2) is 5.13 Å². The molecule has 0 amide bonds. The van der Waals surface area contributed by atoms with E-state index in [0.29, 0.717) is 16.4 Å². The molecule has 0 aliphatic rings. The first-order chi connectivity index (χ1) is 10.6. The second kappa shape index (κ2) is 7.21. The van der Waals surface area contributed by atoms with Gasteiger partial charge in [0.1, 0.15) is 5.75 Å². The Morgan fingerprint density at radius 3 is 2.70 bits per heavy atom. The zero-order valence-electron chi connectivity index (χ0n) is 11.7. The number of thiazole rings is 1. The van der Waals surface area contributed by atoms with Crippen molar-refractivity contribution in [1.29, 1.82) is 0 Å². The highest BCUT2D eigenvalue weighted by molar-refractivity contribution is 8.93. The van der Waals surface area contributed by atoms with E-state index >= 15 is 0 Å². The Labute approximate surface area is 146 Å². The summed E-state index contributed by atoms with van der Waals surface area (Å²) in [5, 5.41) is 25.8. The number of nitro groups is 1. The van der Waals surface area contributed by atoms with Gasteiger partial charge in [-0.25, -0.2) is 4.98 Å². The van der Waals surface area contributed by atoms with Gasteiger partial charge in [0, 0.05) is 34.8 Å². The summed E-state index contributed by atoms with van der Waals surface area (Å²) in [6.07, 6.45) is 0. The highest BCUT2D eigenvalue weighted by atomic mass is 79.9. The number of aromatic nitrogens is 1. The minimum Gasteiger partial charge on any atom is -0.508 e. The third kappa shape index (κ3) is 4.05. The summed E-state index contributed by atoms with van der Waals surface area (Å²) in [5.41, 5.74) is 2.11. The molecule has 0 fully saturated rings. The van der Waals surface area contributed by atoms with Crippen LogP contribution in [0.2, 0.25) is 0 Å². The van der Waals surface area contributed by atoms with Gasteiger partial charge in [-0.15, -0.1) is 28.3 Å². The Morgan fingerprint density at radius 1 is 1.17 bits per heavy atom. The maximum atomic E-state index is 10.8. The molecule has 3 aromatic rings. The van der Waals surface area contributed by atoms with Crippen molar-refractivity contribution in [2.24, 2.45) is 0 Å². The molecule has 0 saturated heterocycles. The fraction of sp³-hybridized carbons (Fsp3) is 0. The number of nitrogens with zero attached hydrogens (tertiary/aromatic N) is 2. The van der Waals surface area contributed by atoms with Crippen LogP contribution in [0.3, 0.4) is 0 Å². The smallest absolute Gasteiger partial charge is 0.270 e. The van der Waals surface area contributed by atoms with Gasteiger partial charge < -0.3 is 10.4 Å². The largest absolute Gasteiger partial charge is 0.508 e. The summed E-state index contributed by atoms with van der Waals surface area (Å²) in [7, 11) is 0. The van der Waals surface area contributed by atoms with Crippen molar-refractivity contribution >= 4 is 44.8 Å². The summed E-state index contributed by atoms with van der Waals surface area (Å²) < 4.78 is 0. The maximum absolute atomic E-state index is 10.8. The van der Waals surface area contributed by atoms with E-state index in [1.54, 1.807) is 30.3 Å². The first kappa shape index (κ1) is 16.9. The molecular weight excluding hydrogens is 382 g/mol. The van der Waals surface area contributed by atoms with Crippen LogP contribution >= 0.6 is 28.3 Å². The number of phenols is 1. The van der Waals surface area contributed by atoms with Crippen molar-refractivity contribution < 1.29 is 10.0 Å². The number of anilines is 2. The van der Waals surface area contributed by atoms with E-state index in [1.807, 2.05) is 11.4 Å². The number of rotatable bonds is 4. The summed E-state index contributed by atoms with van der Waals surface area (Å²) in [6.45, 7) is 0. The topological polar surface area (TPSA) is 88.3 Å². The lowest BCUT2D eigenvalue weighted by molar-refractivity contribution is -0.384. The molecule has 0 unspecified atom stereocenters. The number of phenolic OH excluding ortho intramolecular Hbond substituents is 1. The Hall–Kier alpha value is -2.45. The molecule has 0 atom stereocenters. The molecule has 0 radical (unpaired) electrons. The van der Waals surface area contributed by atoms with Crippen LogP contribution in [-0.2, 0) is 0 Å². The van der Waals surface area contributed by atoms with Crippen LogP contribution in [0, 0.1) is 10.1 Å². The first-order valence-electron chi connectivity index (χ1n) is 6.38. The minimum atomic E-state index is -0.429. The fourth-order valence-electron chi connectivity index (χ4n) is 1.95. The molecule has 0 saturated carbocycles. The number of halogens is 1. The number of hydrogen-bond donors (Lipinski definition) is 2. The second-order valence-electron chi connectivity index (χ2n) is 4.52. The molecule has 0 bridgehead atoms. The average Bonchev–Trinajstić information content (AvgIpc) is 2.96. The molecule has 2 aromatic carbocycles. The van der Waals surface area contributed by atoms with E-state index in [9.17, 15) is 15.2 Å². The lowest BCUT2D eigenvalue weighted by Crippen LogP contribution is -1.90. The molecular formula is C15H12BrN3O3S. The number of benzene rings is 2. The van der Waals surface area contributed by atoms with Gasteiger partial charge in [-0.1, -0.05) is 18.2 Å². The van der Waals surface area contributed by atoms with E-state index in [-0.39, 0.29) is 28.4 Å². The molecule has 0 aliphatic heterocycles. The number of nitrogens with one attached hydrogen (secondary N) is 1. The van der Waals surface area contributed by atoms with Gasteiger partial charge in [-0.3, -0.25) is 10.1 Å². The minimum absolute atomic E-state index is 0. The summed E-state index contributed by atoms with van der Waals surface area (Å²) in [6, 6.07) is 13.1. The highest BCUT2D eigenvalue weighted by Crippen LogP contribution is 2.29. The van der Waals surface area contributed by atoms with Crippen molar-refractivity contribution in [3.05, 3.63) is 64.0 Å². The Morgan fingerprint density at radius 2 is 1.96 bits per heavy atom. The van der Waals surface area contributed by atoms with Gasteiger partial charge in [0.05, 0.1) is 10.6 Å². The Kier molecular flexibility index (Phi) is 5.30. The van der Waals surface area contributed by atoms with Gasteiger partial charge >= 0.3 is 0 Å².